The van der Waals surface area contributed by atoms with E-state index in [0.717, 1.165) is 25.7 Å². The van der Waals surface area contributed by atoms with Crippen LogP contribution in [0.3, 0.4) is 0 Å². The van der Waals surface area contributed by atoms with E-state index in [9.17, 15) is 9.90 Å². The minimum Gasteiger partial charge on any atom is -0.459 e. The van der Waals surface area contributed by atoms with Gasteiger partial charge in [-0.25, -0.2) is 0 Å². The third-order valence-electron chi connectivity index (χ3n) is 5.73. The largest absolute Gasteiger partial charge is 0.459 e. The number of esters is 1. The third kappa shape index (κ3) is 1.84. The van der Waals surface area contributed by atoms with Crippen LogP contribution in [0.15, 0.2) is 0 Å². The molecule has 4 bridgehead atoms. The fraction of sp³-hybridized carbons (Fsp3) is 0.938. The van der Waals surface area contributed by atoms with Gasteiger partial charge in [0.2, 0.25) is 0 Å². The minimum absolute atomic E-state index is 0.163. The summed E-state index contributed by atoms with van der Waals surface area (Å²) < 4.78 is 5.66. The standard InChI is InChI=1S/C16H26O3/c1-14(2,3)19-13(17)16-8-10-5-11(9-16)7-12(6-10)15(16,4)18/h10-12,18H,5-9H2,1-4H3. The monoisotopic (exact) mass is 266 g/mol. The summed E-state index contributed by atoms with van der Waals surface area (Å²) in [5, 5.41) is 11.0. The topological polar surface area (TPSA) is 46.5 Å². The molecule has 0 aromatic carbocycles. The molecule has 4 aliphatic carbocycles. The van der Waals surface area contributed by atoms with Crippen molar-refractivity contribution in [2.45, 2.75) is 71.0 Å². The highest BCUT2D eigenvalue weighted by Crippen LogP contribution is 2.65. The smallest absolute Gasteiger partial charge is 0.315 e. The molecule has 1 N–H and O–H groups in total. The molecule has 0 saturated heterocycles. The van der Waals surface area contributed by atoms with Crippen molar-refractivity contribution in [2.75, 3.05) is 0 Å². The van der Waals surface area contributed by atoms with Crippen molar-refractivity contribution >= 4 is 5.97 Å². The second-order valence-corrected chi connectivity index (χ2v) is 8.28. The van der Waals surface area contributed by atoms with E-state index in [0.29, 0.717) is 11.8 Å². The number of hydrogen-bond donors (Lipinski definition) is 1. The number of ether oxygens (including phenoxy) is 1. The molecule has 0 radical (unpaired) electrons. The molecule has 4 rings (SSSR count). The maximum absolute atomic E-state index is 12.7. The number of carbonyl (C=O) groups is 1. The average Bonchev–Trinajstić information content (AvgIpc) is 2.22. The van der Waals surface area contributed by atoms with Crippen molar-refractivity contribution in [1.82, 2.24) is 0 Å². The van der Waals surface area contributed by atoms with E-state index in [4.69, 9.17) is 4.74 Å². The molecule has 0 spiro atoms. The average molecular weight is 266 g/mol. The van der Waals surface area contributed by atoms with Crippen molar-refractivity contribution in [3.05, 3.63) is 0 Å². The van der Waals surface area contributed by atoms with Crippen molar-refractivity contribution < 1.29 is 14.6 Å². The van der Waals surface area contributed by atoms with Crippen molar-refractivity contribution in [1.29, 1.82) is 0 Å². The van der Waals surface area contributed by atoms with Crippen LogP contribution >= 0.6 is 0 Å². The molecule has 19 heavy (non-hydrogen) atoms. The van der Waals surface area contributed by atoms with Gasteiger partial charge in [0.1, 0.15) is 5.60 Å². The van der Waals surface area contributed by atoms with Crippen LogP contribution in [0.1, 0.15) is 59.8 Å². The van der Waals surface area contributed by atoms with Crippen LogP contribution in [0.25, 0.3) is 0 Å². The lowest BCUT2D eigenvalue weighted by Gasteiger charge is -2.63. The van der Waals surface area contributed by atoms with Crippen LogP contribution < -0.4 is 0 Å². The van der Waals surface area contributed by atoms with Crippen LogP contribution in [-0.2, 0) is 9.53 Å². The molecule has 4 aliphatic rings. The second-order valence-electron chi connectivity index (χ2n) is 8.28. The first-order valence-electron chi connectivity index (χ1n) is 7.60. The zero-order chi connectivity index (χ0) is 14.1. The molecule has 0 aromatic heterocycles. The van der Waals surface area contributed by atoms with Gasteiger partial charge in [-0.15, -0.1) is 0 Å². The maximum Gasteiger partial charge on any atom is 0.315 e. The van der Waals surface area contributed by atoms with E-state index < -0.39 is 16.6 Å². The van der Waals surface area contributed by atoms with Gasteiger partial charge in [-0.05, 0) is 77.6 Å². The Bertz CT molecular complexity index is 391. The Morgan fingerprint density at radius 1 is 1.16 bits per heavy atom. The molecule has 4 saturated carbocycles. The lowest BCUT2D eigenvalue weighted by molar-refractivity contribution is -0.238. The van der Waals surface area contributed by atoms with Crippen molar-refractivity contribution in [3.63, 3.8) is 0 Å². The summed E-state index contributed by atoms with van der Waals surface area (Å²) in [6, 6.07) is 0. The van der Waals surface area contributed by atoms with Crippen LogP contribution in [0, 0.1) is 23.2 Å². The lowest BCUT2D eigenvalue weighted by atomic mass is 9.43. The van der Waals surface area contributed by atoms with Gasteiger partial charge < -0.3 is 9.84 Å². The lowest BCUT2D eigenvalue weighted by Crippen LogP contribution is -2.66. The van der Waals surface area contributed by atoms with E-state index in [2.05, 4.69) is 0 Å². The summed E-state index contributed by atoms with van der Waals surface area (Å²) in [6.07, 6.45) is 5.07. The first-order chi connectivity index (χ1) is 8.64. The maximum atomic E-state index is 12.7. The molecule has 0 heterocycles. The number of hydrogen-bond acceptors (Lipinski definition) is 3. The Morgan fingerprint density at radius 3 is 2.16 bits per heavy atom. The first kappa shape index (κ1) is 13.4. The normalized spacial score (nSPS) is 48.4. The predicted octanol–water partition coefficient (Wildman–Crippen LogP) is 2.91. The highest BCUT2D eigenvalue weighted by molar-refractivity contribution is 5.79. The van der Waals surface area contributed by atoms with Gasteiger partial charge in [0, 0.05) is 0 Å². The molecule has 3 atom stereocenters. The molecule has 3 heteroatoms. The summed E-state index contributed by atoms with van der Waals surface area (Å²) >= 11 is 0. The summed E-state index contributed by atoms with van der Waals surface area (Å²) in [6.45, 7) is 7.58. The molecule has 0 aliphatic heterocycles. The van der Waals surface area contributed by atoms with E-state index in [1.807, 2.05) is 27.7 Å². The third-order valence-corrected chi connectivity index (χ3v) is 5.73. The van der Waals surface area contributed by atoms with Gasteiger partial charge in [-0.3, -0.25) is 4.79 Å². The van der Waals surface area contributed by atoms with Gasteiger partial charge in [0.15, 0.2) is 0 Å². The van der Waals surface area contributed by atoms with Crippen LogP contribution in [0.5, 0.6) is 0 Å². The van der Waals surface area contributed by atoms with Gasteiger partial charge in [0.05, 0.1) is 11.0 Å². The van der Waals surface area contributed by atoms with Gasteiger partial charge >= 0.3 is 5.97 Å². The number of aliphatic hydroxyl groups is 1. The first-order valence-corrected chi connectivity index (χ1v) is 7.60. The van der Waals surface area contributed by atoms with E-state index in [1.54, 1.807) is 0 Å². The van der Waals surface area contributed by atoms with Gasteiger partial charge in [-0.2, -0.15) is 0 Å². The molecule has 108 valence electrons. The Hall–Kier alpha value is -0.570. The quantitative estimate of drug-likeness (QED) is 0.742. The highest BCUT2D eigenvalue weighted by atomic mass is 16.6. The molecule has 3 unspecified atom stereocenters. The molecule has 4 fully saturated rings. The molecule has 0 aromatic rings. The van der Waals surface area contributed by atoms with Crippen LogP contribution in [0.4, 0.5) is 0 Å². The van der Waals surface area contributed by atoms with E-state index >= 15 is 0 Å². The second kappa shape index (κ2) is 3.75. The van der Waals surface area contributed by atoms with Crippen LogP contribution in [-0.4, -0.2) is 22.3 Å². The Morgan fingerprint density at radius 2 is 1.68 bits per heavy atom. The summed E-state index contributed by atoms with van der Waals surface area (Å²) in [4.78, 5) is 12.7. The Balaban J connectivity index is 1.94. The van der Waals surface area contributed by atoms with Crippen molar-refractivity contribution in [3.8, 4) is 0 Å². The zero-order valence-corrected chi connectivity index (χ0v) is 12.5. The number of carbonyl (C=O) groups excluding carboxylic acids is 1. The fourth-order valence-electron chi connectivity index (χ4n) is 4.98. The van der Waals surface area contributed by atoms with Gasteiger partial charge in [-0.1, -0.05) is 0 Å². The van der Waals surface area contributed by atoms with E-state index in [-0.39, 0.29) is 11.9 Å². The molecular formula is C16H26O3. The summed E-state index contributed by atoms with van der Waals surface area (Å²) in [7, 11) is 0. The SMILES string of the molecule is CC(C)(C)OC(=O)C12CC3CC(CC(C3)C1(C)O)C2. The summed E-state index contributed by atoms with van der Waals surface area (Å²) in [5.74, 6) is 1.35. The molecule has 0 amide bonds. The summed E-state index contributed by atoms with van der Waals surface area (Å²) in [5.41, 5.74) is -2.01. The van der Waals surface area contributed by atoms with Crippen molar-refractivity contribution in [2.24, 2.45) is 23.2 Å². The highest BCUT2D eigenvalue weighted by Gasteiger charge is 2.67. The zero-order valence-electron chi connectivity index (χ0n) is 12.5. The van der Waals surface area contributed by atoms with E-state index in [1.165, 1.54) is 6.42 Å². The Kier molecular flexibility index (Phi) is 2.65. The molecule has 3 nitrogen and oxygen atoms in total. The minimum atomic E-state index is -0.886. The van der Waals surface area contributed by atoms with Gasteiger partial charge in [0.25, 0.3) is 0 Å². The molecular weight excluding hydrogens is 240 g/mol. The fourth-order valence-corrected chi connectivity index (χ4v) is 4.98. The predicted molar refractivity (Wildman–Crippen MR) is 72.5 cm³/mol. The van der Waals surface area contributed by atoms with Crippen LogP contribution in [0.2, 0.25) is 0 Å². The number of rotatable bonds is 1. The Labute approximate surface area is 115 Å².